The number of hydrogen-bond acceptors (Lipinski definition) is 15. The second-order valence-electron chi connectivity index (χ2n) is 26.2. The Morgan fingerprint density at radius 3 is 0.780 bits per heavy atom. The Labute approximate surface area is 556 Å². The van der Waals surface area contributed by atoms with E-state index in [4.69, 9.17) is 37.0 Å². The van der Waals surface area contributed by atoms with Crippen molar-refractivity contribution in [2.75, 3.05) is 39.6 Å². The van der Waals surface area contributed by atoms with Gasteiger partial charge in [-0.05, 0) is 31.6 Å². The minimum absolute atomic E-state index is 0.103. The molecule has 0 rings (SSSR count). The van der Waals surface area contributed by atoms with Gasteiger partial charge in [0.05, 0.1) is 26.4 Å². The molecule has 0 spiro atoms. The maximum Gasteiger partial charge on any atom is 0.472 e. The predicted octanol–water partition coefficient (Wildman–Crippen LogP) is 20.9. The first-order valence-corrected chi connectivity index (χ1v) is 40.7. The third kappa shape index (κ3) is 65.1. The van der Waals surface area contributed by atoms with Gasteiger partial charge in [0.1, 0.15) is 19.3 Å². The van der Waals surface area contributed by atoms with Crippen LogP contribution >= 0.6 is 15.6 Å². The standard InChI is InChI=1S/C72H140O17P2/c1-6-10-13-16-19-22-24-25-26-27-28-29-30-31-32-33-35-38-41-47-52-57-71(76)88-67(61-83-70(75)56-51-46-40-37-34-23-20-17-14-11-7-2)63-86-90(78,79)84-59-66(73)60-85-91(80,81)87-64-68(62-82-69(74)55-50-45-39-36-21-18-15-12-8-3)89-72(77)58-53-48-43-42-44-49-54-65(5)9-4/h65-68,73H,6-64H2,1-5H3,(H,78,79)(H,80,81)/t65?,66-,67-,68-/m1/s1. The van der Waals surface area contributed by atoms with Crippen LogP contribution in [0.4, 0.5) is 0 Å². The molecule has 540 valence electrons. The van der Waals surface area contributed by atoms with E-state index in [9.17, 15) is 43.2 Å². The minimum atomic E-state index is -4.95. The molecule has 6 atom stereocenters. The van der Waals surface area contributed by atoms with E-state index in [1.807, 2.05) is 0 Å². The lowest BCUT2D eigenvalue weighted by Crippen LogP contribution is -2.30. The van der Waals surface area contributed by atoms with Crippen molar-refractivity contribution in [1.82, 2.24) is 0 Å². The van der Waals surface area contributed by atoms with Crippen molar-refractivity contribution in [2.24, 2.45) is 5.92 Å². The smallest absolute Gasteiger partial charge is 0.462 e. The number of esters is 4. The first-order valence-electron chi connectivity index (χ1n) is 37.7. The molecule has 0 bridgehead atoms. The third-order valence-electron chi connectivity index (χ3n) is 17.1. The molecule has 0 amide bonds. The molecule has 0 fully saturated rings. The van der Waals surface area contributed by atoms with E-state index < -0.39 is 97.5 Å². The van der Waals surface area contributed by atoms with Crippen molar-refractivity contribution in [2.45, 2.75) is 393 Å². The van der Waals surface area contributed by atoms with Crippen molar-refractivity contribution in [3.8, 4) is 0 Å². The number of carbonyl (C=O) groups is 4. The fraction of sp³-hybridized carbons (Fsp3) is 0.944. The molecule has 3 N–H and O–H groups in total. The Morgan fingerprint density at radius 2 is 0.527 bits per heavy atom. The number of aliphatic hydroxyl groups is 1. The summed E-state index contributed by atoms with van der Waals surface area (Å²) in [7, 11) is -9.90. The van der Waals surface area contributed by atoms with Crippen LogP contribution in [0.5, 0.6) is 0 Å². The molecule has 0 saturated heterocycles. The van der Waals surface area contributed by atoms with Gasteiger partial charge < -0.3 is 33.8 Å². The number of carbonyl (C=O) groups excluding carboxylic acids is 4. The van der Waals surface area contributed by atoms with Crippen LogP contribution in [0.3, 0.4) is 0 Å². The highest BCUT2D eigenvalue weighted by Gasteiger charge is 2.30. The van der Waals surface area contributed by atoms with Crippen LogP contribution in [-0.4, -0.2) is 96.7 Å². The van der Waals surface area contributed by atoms with Gasteiger partial charge in [-0.1, -0.05) is 324 Å². The highest BCUT2D eigenvalue weighted by Crippen LogP contribution is 2.45. The largest absolute Gasteiger partial charge is 0.472 e. The number of phosphoric acid groups is 2. The van der Waals surface area contributed by atoms with Gasteiger partial charge in [0.15, 0.2) is 12.2 Å². The zero-order valence-corrected chi connectivity index (χ0v) is 60.8. The quantitative estimate of drug-likeness (QED) is 0.0222. The predicted molar refractivity (Wildman–Crippen MR) is 368 cm³/mol. The average Bonchev–Trinajstić information content (AvgIpc) is 3.73. The van der Waals surface area contributed by atoms with Gasteiger partial charge in [-0.15, -0.1) is 0 Å². The summed E-state index contributed by atoms with van der Waals surface area (Å²) in [5, 5.41) is 10.6. The number of hydrogen-bond donors (Lipinski definition) is 3. The number of phosphoric ester groups is 2. The molecule has 0 aliphatic carbocycles. The Bertz CT molecular complexity index is 1760. The Morgan fingerprint density at radius 1 is 0.308 bits per heavy atom. The van der Waals surface area contributed by atoms with E-state index in [2.05, 4.69) is 34.6 Å². The lowest BCUT2D eigenvalue weighted by atomic mass is 10.00. The van der Waals surface area contributed by atoms with Crippen LogP contribution < -0.4 is 0 Å². The third-order valence-corrected chi connectivity index (χ3v) is 19.0. The molecule has 0 radical (unpaired) electrons. The minimum Gasteiger partial charge on any atom is -0.462 e. The molecule has 17 nitrogen and oxygen atoms in total. The summed E-state index contributed by atoms with van der Waals surface area (Å²) in [5.41, 5.74) is 0. The summed E-state index contributed by atoms with van der Waals surface area (Å²) in [6, 6.07) is 0. The zero-order chi connectivity index (χ0) is 67.0. The molecule has 0 aromatic heterocycles. The molecule has 91 heavy (non-hydrogen) atoms. The SMILES string of the molecule is CCCCCCCCCCCCCCCCCCCCCCCC(=O)O[C@H](COC(=O)CCCCCCCCCCCCC)COP(=O)(O)OC[C@@H](O)COP(=O)(O)OC[C@@H](COC(=O)CCCCCCCCCCC)OC(=O)CCCCCCCCC(C)CC. The van der Waals surface area contributed by atoms with E-state index in [-0.39, 0.29) is 25.7 Å². The number of ether oxygens (including phenoxy) is 4. The molecular weight excluding hydrogens is 1200 g/mol. The van der Waals surface area contributed by atoms with Crippen molar-refractivity contribution in [3.63, 3.8) is 0 Å². The van der Waals surface area contributed by atoms with Crippen LogP contribution in [0.15, 0.2) is 0 Å². The second kappa shape index (κ2) is 65.4. The maximum atomic E-state index is 13.0. The molecule has 0 saturated carbocycles. The van der Waals surface area contributed by atoms with Gasteiger partial charge in [0, 0.05) is 25.7 Å². The van der Waals surface area contributed by atoms with Crippen molar-refractivity contribution in [3.05, 3.63) is 0 Å². The lowest BCUT2D eigenvalue weighted by molar-refractivity contribution is -0.161. The first kappa shape index (κ1) is 89.1. The van der Waals surface area contributed by atoms with Crippen molar-refractivity contribution in [1.29, 1.82) is 0 Å². The highest BCUT2D eigenvalue weighted by molar-refractivity contribution is 7.47. The van der Waals surface area contributed by atoms with Gasteiger partial charge in [-0.25, -0.2) is 9.13 Å². The van der Waals surface area contributed by atoms with E-state index in [0.717, 1.165) is 95.8 Å². The fourth-order valence-corrected chi connectivity index (χ4v) is 12.5. The number of aliphatic hydroxyl groups excluding tert-OH is 1. The molecule has 3 unspecified atom stereocenters. The van der Waals surface area contributed by atoms with Gasteiger partial charge in [-0.2, -0.15) is 0 Å². The molecule has 0 aromatic rings. The van der Waals surface area contributed by atoms with Crippen molar-refractivity contribution < 1.29 is 80.2 Å². The van der Waals surface area contributed by atoms with Crippen LogP contribution in [0.1, 0.15) is 375 Å². The topological polar surface area (TPSA) is 237 Å². The molecular formula is C72H140O17P2. The van der Waals surface area contributed by atoms with Gasteiger partial charge in [0.2, 0.25) is 0 Å². The Kier molecular flexibility index (Phi) is 64.0. The summed E-state index contributed by atoms with van der Waals surface area (Å²) in [4.78, 5) is 72.5. The van der Waals surface area contributed by atoms with E-state index in [0.29, 0.717) is 25.7 Å². The van der Waals surface area contributed by atoms with E-state index >= 15 is 0 Å². The fourth-order valence-electron chi connectivity index (χ4n) is 11.0. The van der Waals surface area contributed by atoms with Crippen LogP contribution in [0, 0.1) is 5.92 Å². The molecule has 19 heteroatoms. The summed E-state index contributed by atoms with van der Waals surface area (Å²) in [6.07, 6.45) is 52.9. The summed E-state index contributed by atoms with van der Waals surface area (Å²) < 4.78 is 68.3. The normalized spacial score (nSPS) is 14.3. The van der Waals surface area contributed by atoms with E-state index in [1.165, 1.54) is 199 Å². The molecule has 0 aliphatic rings. The Hall–Kier alpha value is -1.94. The summed E-state index contributed by atoms with van der Waals surface area (Å²) in [5.74, 6) is -1.40. The van der Waals surface area contributed by atoms with Crippen molar-refractivity contribution >= 4 is 39.5 Å². The molecule has 0 heterocycles. The molecule has 0 aromatic carbocycles. The first-order chi connectivity index (χ1) is 44.1. The Balaban J connectivity index is 5.15. The van der Waals surface area contributed by atoms with Gasteiger partial charge in [-0.3, -0.25) is 37.3 Å². The maximum absolute atomic E-state index is 13.0. The number of rotatable bonds is 72. The summed E-state index contributed by atoms with van der Waals surface area (Å²) >= 11 is 0. The van der Waals surface area contributed by atoms with Crippen LogP contribution in [0.25, 0.3) is 0 Å². The second-order valence-corrected chi connectivity index (χ2v) is 29.1. The highest BCUT2D eigenvalue weighted by atomic mass is 31.2. The van der Waals surface area contributed by atoms with E-state index in [1.54, 1.807) is 0 Å². The lowest BCUT2D eigenvalue weighted by Gasteiger charge is -2.21. The van der Waals surface area contributed by atoms with Gasteiger partial charge >= 0.3 is 39.5 Å². The van der Waals surface area contributed by atoms with Crippen LogP contribution in [-0.2, 0) is 65.4 Å². The van der Waals surface area contributed by atoms with Crippen LogP contribution in [0.2, 0.25) is 0 Å². The number of unbranched alkanes of at least 4 members (excludes halogenated alkanes) is 43. The molecule has 0 aliphatic heterocycles. The summed E-state index contributed by atoms with van der Waals surface area (Å²) in [6.45, 7) is 7.19. The zero-order valence-electron chi connectivity index (χ0n) is 59.0. The monoisotopic (exact) mass is 1340 g/mol. The average molecular weight is 1340 g/mol. The van der Waals surface area contributed by atoms with Gasteiger partial charge in [0.25, 0.3) is 0 Å².